The SMILES string of the molecule is CCCc1ccc(C(=O)Nc2ccc(N3CCCCC3=O)c(C)c2)cc1. The molecule has 0 aromatic heterocycles. The van der Waals surface area contributed by atoms with Crippen LogP contribution < -0.4 is 10.2 Å². The first-order valence-electron chi connectivity index (χ1n) is 9.40. The predicted molar refractivity (Wildman–Crippen MR) is 106 cm³/mol. The molecule has 0 saturated carbocycles. The summed E-state index contributed by atoms with van der Waals surface area (Å²) in [5.74, 6) is 0.0672. The number of aryl methyl sites for hydroxylation is 2. The maximum atomic E-state index is 12.5. The molecule has 1 heterocycles. The summed E-state index contributed by atoms with van der Waals surface area (Å²) in [6, 6.07) is 13.5. The number of benzene rings is 2. The Morgan fingerprint density at radius 2 is 1.88 bits per heavy atom. The summed E-state index contributed by atoms with van der Waals surface area (Å²) >= 11 is 0. The lowest BCUT2D eigenvalue weighted by atomic mass is 10.1. The van der Waals surface area contributed by atoms with E-state index in [1.807, 2.05) is 54.3 Å². The maximum absolute atomic E-state index is 12.5. The third-order valence-corrected chi connectivity index (χ3v) is 4.82. The molecule has 0 bridgehead atoms. The highest BCUT2D eigenvalue weighted by Gasteiger charge is 2.21. The van der Waals surface area contributed by atoms with Gasteiger partial charge in [0.05, 0.1) is 0 Å². The van der Waals surface area contributed by atoms with Gasteiger partial charge in [-0.15, -0.1) is 0 Å². The van der Waals surface area contributed by atoms with Crippen molar-refractivity contribution in [2.75, 3.05) is 16.8 Å². The van der Waals surface area contributed by atoms with Crippen molar-refractivity contribution in [3.8, 4) is 0 Å². The highest BCUT2D eigenvalue weighted by molar-refractivity contribution is 6.04. The van der Waals surface area contributed by atoms with E-state index < -0.39 is 0 Å². The predicted octanol–water partition coefficient (Wildman–Crippen LogP) is 4.72. The summed E-state index contributed by atoms with van der Waals surface area (Å²) in [4.78, 5) is 26.4. The van der Waals surface area contributed by atoms with Gasteiger partial charge >= 0.3 is 0 Å². The van der Waals surface area contributed by atoms with Crippen molar-refractivity contribution in [2.24, 2.45) is 0 Å². The van der Waals surface area contributed by atoms with Crippen LogP contribution in [0.15, 0.2) is 42.5 Å². The highest BCUT2D eigenvalue weighted by Crippen LogP contribution is 2.27. The summed E-state index contributed by atoms with van der Waals surface area (Å²) in [7, 11) is 0. The molecule has 4 heteroatoms. The van der Waals surface area contributed by atoms with Crippen LogP contribution in [0.25, 0.3) is 0 Å². The second kappa shape index (κ2) is 8.17. The van der Waals surface area contributed by atoms with Gasteiger partial charge in [0.2, 0.25) is 5.91 Å². The number of hydrogen-bond acceptors (Lipinski definition) is 2. The van der Waals surface area contributed by atoms with E-state index in [4.69, 9.17) is 0 Å². The van der Waals surface area contributed by atoms with E-state index in [2.05, 4.69) is 12.2 Å². The van der Waals surface area contributed by atoms with Crippen molar-refractivity contribution in [1.82, 2.24) is 0 Å². The van der Waals surface area contributed by atoms with Crippen LogP contribution in [0.5, 0.6) is 0 Å². The molecule has 1 aliphatic heterocycles. The lowest BCUT2D eigenvalue weighted by molar-refractivity contribution is -0.119. The molecule has 3 rings (SSSR count). The van der Waals surface area contributed by atoms with E-state index in [0.717, 1.165) is 49.2 Å². The van der Waals surface area contributed by atoms with E-state index in [9.17, 15) is 9.59 Å². The summed E-state index contributed by atoms with van der Waals surface area (Å²) in [5.41, 5.74) is 4.58. The van der Waals surface area contributed by atoms with E-state index in [-0.39, 0.29) is 11.8 Å². The van der Waals surface area contributed by atoms with Crippen LogP contribution in [0.1, 0.15) is 54.1 Å². The van der Waals surface area contributed by atoms with Gasteiger partial charge in [-0.1, -0.05) is 25.5 Å². The molecule has 136 valence electrons. The molecule has 26 heavy (non-hydrogen) atoms. The fourth-order valence-corrected chi connectivity index (χ4v) is 3.41. The van der Waals surface area contributed by atoms with Crippen LogP contribution in [-0.2, 0) is 11.2 Å². The van der Waals surface area contributed by atoms with Crippen LogP contribution >= 0.6 is 0 Å². The molecule has 4 nitrogen and oxygen atoms in total. The Balaban J connectivity index is 1.70. The molecule has 0 spiro atoms. The normalized spacial score (nSPS) is 14.4. The molecule has 2 aromatic carbocycles. The zero-order valence-electron chi connectivity index (χ0n) is 15.5. The Labute approximate surface area is 155 Å². The minimum Gasteiger partial charge on any atom is -0.322 e. The Bertz CT molecular complexity index is 796. The van der Waals surface area contributed by atoms with Crippen molar-refractivity contribution in [3.05, 3.63) is 59.2 Å². The Hall–Kier alpha value is -2.62. The lowest BCUT2D eigenvalue weighted by Gasteiger charge is -2.28. The molecule has 0 radical (unpaired) electrons. The molecule has 0 atom stereocenters. The van der Waals surface area contributed by atoms with E-state index in [0.29, 0.717) is 12.0 Å². The molecule has 2 amide bonds. The van der Waals surface area contributed by atoms with E-state index >= 15 is 0 Å². The molecule has 0 unspecified atom stereocenters. The third-order valence-electron chi connectivity index (χ3n) is 4.82. The van der Waals surface area contributed by atoms with E-state index in [1.54, 1.807) is 0 Å². The van der Waals surface area contributed by atoms with Gasteiger partial charge in [0.15, 0.2) is 0 Å². The van der Waals surface area contributed by atoms with Gasteiger partial charge in [0, 0.05) is 29.9 Å². The van der Waals surface area contributed by atoms with Crippen molar-refractivity contribution in [2.45, 2.75) is 46.0 Å². The molecule has 1 fully saturated rings. The van der Waals surface area contributed by atoms with Crippen LogP contribution in [0.3, 0.4) is 0 Å². The van der Waals surface area contributed by atoms with Gasteiger partial charge in [-0.05, 0) is 67.6 Å². The van der Waals surface area contributed by atoms with Crippen LogP contribution in [0.2, 0.25) is 0 Å². The fraction of sp³-hybridized carbons (Fsp3) is 0.364. The van der Waals surface area contributed by atoms with Crippen LogP contribution in [-0.4, -0.2) is 18.4 Å². The minimum atomic E-state index is -0.116. The van der Waals surface area contributed by atoms with Crippen molar-refractivity contribution in [1.29, 1.82) is 0 Å². The second-order valence-corrected chi connectivity index (χ2v) is 6.90. The highest BCUT2D eigenvalue weighted by atomic mass is 16.2. The number of amides is 2. The number of nitrogens with one attached hydrogen (secondary N) is 1. The summed E-state index contributed by atoms with van der Waals surface area (Å²) in [6.07, 6.45) is 4.75. The molecule has 1 N–H and O–H groups in total. The topological polar surface area (TPSA) is 49.4 Å². The smallest absolute Gasteiger partial charge is 0.255 e. The monoisotopic (exact) mass is 350 g/mol. The molecule has 0 aliphatic carbocycles. The average molecular weight is 350 g/mol. The first kappa shape index (κ1) is 18.2. The van der Waals surface area contributed by atoms with Crippen LogP contribution in [0, 0.1) is 6.92 Å². The standard InChI is InChI=1S/C22H26N2O2/c1-3-6-17-8-10-18(11-9-17)22(26)23-19-12-13-20(16(2)15-19)24-14-5-4-7-21(24)25/h8-13,15H,3-7,14H2,1-2H3,(H,23,26). The number of carbonyl (C=O) groups is 2. The first-order valence-corrected chi connectivity index (χ1v) is 9.40. The summed E-state index contributed by atoms with van der Waals surface area (Å²) < 4.78 is 0. The van der Waals surface area contributed by atoms with Gasteiger partial charge < -0.3 is 10.2 Å². The number of rotatable bonds is 5. The molecule has 1 aliphatic rings. The second-order valence-electron chi connectivity index (χ2n) is 6.90. The van der Waals surface area contributed by atoms with E-state index in [1.165, 1.54) is 5.56 Å². The van der Waals surface area contributed by atoms with Gasteiger partial charge in [-0.25, -0.2) is 0 Å². The van der Waals surface area contributed by atoms with Crippen molar-refractivity contribution < 1.29 is 9.59 Å². The molecular formula is C22H26N2O2. The Morgan fingerprint density at radius 3 is 2.54 bits per heavy atom. The summed E-state index contributed by atoms with van der Waals surface area (Å²) in [6.45, 7) is 4.89. The summed E-state index contributed by atoms with van der Waals surface area (Å²) in [5, 5.41) is 2.95. The number of anilines is 2. The maximum Gasteiger partial charge on any atom is 0.255 e. The van der Waals surface area contributed by atoms with Crippen LogP contribution in [0.4, 0.5) is 11.4 Å². The zero-order valence-corrected chi connectivity index (χ0v) is 15.5. The molecular weight excluding hydrogens is 324 g/mol. The van der Waals surface area contributed by atoms with Gasteiger partial charge in [0.25, 0.3) is 5.91 Å². The Kier molecular flexibility index (Phi) is 5.71. The lowest BCUT2D eigenvalue weighted by Crippen LogP contribution is -2.35. The quantitative estimate of drug-likeness (QED) is 0.848. The molecule has 1 saturated heterocycles. The van der Waals surface area contributed by atoms with Gasteiger partial charge in [0.1, 0.15) is 0 Å². The first-order chi connectivity index (χ1) is 12.6. The van der Waals surface area contributed by atoms with Crippen molar-refractivity contribution >= 4 is 23.2 Å². The largest absolute Gasteiger partial charge is 0.322 e. The van der Waals surface area contributed by atoms with Gasteiger partial charge in [-0.3, -0.25) is 9.59 Å². The minimum absolute atomic E-state index is 0.116. The molecule has 2 aromatic rings. The fourth-order valence-electron chi connectivity index (χ4n) is 3.41. The zero-order chi connectivity index (χ0) is 18.5. The van der Waals surface area contributed by atoms with Crippen molar-refractivity contribution in [3.63, 3.8) is 0 Å². The number of nitrogens with zero attached hydrogens (tertiary/aromatic N) is 1. The number of piperidine rings is 1. The number of hydrogen-bond donors (Lipinski definition) is 1. The third kappa shape index (κ3) is 4.13. The Morgan fingerprint density at radius 1 is 1.12 bits per heavy atom. The average Bonchev–Trinajstić information content (AvgIpc) is 2.64. The number of carbonyl (C=O) groups excluding carboxylic acids is 2. The van der Waals surface area contributed by atoms with Gasteiger partial charge in [-0.2, -0.15) is 0 Å².